The van der Waals surface area contributed by atoms with Gasteiger partial charge in [0, 0.05) is 36.6 Å². The first-order chi connectivity index (χ1) is 10.1. The summed E-state index contributed by atoms with van der Waals surface area (Å²) in [4.78, 5) is 14.3. The van der Waals surface area contributed by atoms with Crippen LogP contribution in [0, 0.1) is 0 Å². The van der Waals surface area contributed by atoms with Crippen LogP contribution >= 0.6 is 0 Å². The molecule has 5 nitrogen and oxygen atoms in total. The van der Waals surface area contributed by atoms with E-state index in [9.17, 15) is 4.79 Å². The third-order valence-electron chi connectivity index (χ3n) is 3.07. The number of ether oxygens (including phenoxy) is 2. The number of aromatic nitrogens is 1. The van der Waals surface area contributed by atoms with E-state index in [1.807, 2.05) is 44.3 Å². The number of carbonyl (C=O) groups excluding carboxylic acids is 1. The molecule has 0 saturated carbocycles. The van der Waals surface area contributed by atoms with Crippen LogP contribution in [0.15, 0.2) is 30.5 Å². The smallest absolute Gasteiger partial charge is 0.303 e. The number of H-pyrrole nitrogens is 1. The molecule has 0 radical (unpaired) electrons. The number of carbonyl (C=O) groups is 1. The molecule has 1 aromatic heterocycles. The molecule has 0 aliphatic carbocycles. The zero-order chi connectivity index (χ0) is 15.2. The third kappa shape index (κ3) is 4.49. The summed E-state index contributed by atoms with van der Waals surface area (Å²) < 4.78 is 11.1. The Kier molecular flexibility index (Phi) is 5.22. The zero-order valence-corrected chi connectivity index (χ0v) is 12.7. The number of fused-ring (bicyclic) bond motifs is 1. The van der Waals surface area contributed by atoms with E-state index < -0.39 is 0 Å². The first-order valence-corrected chi connectivity index (χ1v) is 7.15. The number of benzene rings is 1. The minimum absolute atomic E-state index is 0.297. The van der Waals surface area contributed by atoms with Crippen LogP contribution in [-0.4, -0.2) is 36.3 Å². The molecule has 1 unspecified atom stereocenters. The van der Waals surface area contributed by atoms with E-state index in [-0.39, 0.29) is 12.1 Å². The molecule has 0 aliphatic heterocycles. The van der Waals surface area contributed by atoms with E-state index in [0.29, 0.717) is 19.2 Å². The van der Waals surface area contributed by atoms with Crippen LogP contribution in [0.2, 0.25) is 0 Å². The molecule has 0 amide bonds. The molecule has 0 aliphatic rings. The second kappa shape index (κ2) is 7.13. The molecule has 0 bridgehead atoms. The van der Waals surface area contributed by atoms with E-state index in [1.54, 1.807) is 0 Å². The van der Waals surface area contributed by atoms with Gasteiger partial charge in [0.05, 0.1) is 0 Å². The summed E-state index contributed by atoms with van der Waals surface area (Å²) in [6.45, 7) is 6.40. The molecule has 1 aromatic carbocycles. The summed E-state index contributed by atoms with van der Waals surface area (Å²) in [5, 5.41) is 4.28. The molecule has 2 aromatic rings. The summed E-state index contributed by atoms with van der Waals surface area (Å²) in [7, 11) is 0. The minimum atomic E-state index is -0.306. The van der Waals surface area contributed by atoms with Gasteiger partial charge in [-0.2, -0.15) is 0 Å². The van der Waals surface area contributed by atoms with Crippen LogP contribution in [-0.2, 0) is 9.53 Å². The van der Waals surface area contributed by atoms with Crippen molar-refractivity contribution >= 4 is 16.9 Å². The lowest BCUT2D eigenvalue weighted by Gasteiger charge is -2.20. The van der Waals surface area contributed by atoms with Gasteiger partial charge in [0.2, 0.25) is 0 Å². The predicted octanol–water partition coefficient (Wildman–Crippen LogP) is 2.48. The SMILES string of the molecule is CC(=O)OC(CNC(C)C)COc1cccc2[nH]ccc12. The Bertz CT molecular complexity index is 592. The summed E-state index contributed by atoms with van der Waals surface area (Å²) in [6.07, 6.45) is 1.57. The second-order valence-electron chi connectivity index (χ2n) is 5.30. The molecule has 2 N–H and O–H groups in total. The van der Waals surface area contributed by atoms with Crippen molar-refractivity contribution in [2.75, 3.05) is 13.2 Å². The molecule has 0 spiro atoms. The maximum Gasteiger partial charge on any atom is 0.303 e. The van der Waals surface area contributed by atoms with Gasteiger partial charge in [0.25, 0.3) is 0 Å². The highest BCUT2D eigenvalue weighted by molar-refractivity contribution is 5.85. The van der Waals surface area contributed by atoms with E-state index in [0.717, 1.165) is 16.7 Å². The van der Waals surface area contributed by atoms with Crippen molar-refractivity contribution in [3.63, 3.8) is 0 Å². The Morgan fingerprint density at radius 3 is 2.86 bits per heavy atom. The third-order valence-corrected chi connectivity index (χ3v) is 3.07. The largest absolute Gasteiger partial charge is 0.489 e. The van der Waals surface area contributed by atoms with Crippen LogP contribution < -0.4 is 10.1 Å². The molecule has 5 heteroatoms. The van der Waals surface area contributed by atoms with Crippen molar-refractivity contribution in [3.05, 3.63) is 30.5 Å². The summed E-state index contributed by atoms with van der Waals surface area (Å²) >= 11 is 0. The highest BCUT2D eigenvalue weighted by Crippen LogP contribution is 2.24. The first kappa shape index (κ1) is 15.4. The Balaban J connectivity index is 1.99. The van der Waals surface area contributed by atoms with E-state index >= 15 is 0 Å². The van der Waals surface area contributed by atoms with Crippen LogP contribution in [0.4, 0.5) is 0 Å². The van der Waals surface area contributed by atoms with Gasteiger partial charge < -0.3 is 19.8 Å². The van der Waals surface area contributed by atoms with Gasteiger partial charge in [-0.1, -0.05) is 19.9 Å². The van der Waals surface area contributed by atoms with E-state index in [1.165, 1.54) is 6.92 Å². The summed E-state index contributed by atoms with van der Waals surface area (Å²) in [5.41, 5.74) is 1.02. The number of hydrogen-bond acceptors (Lipinski definition) is 4. The van der Waals surface area contributed by atoms with E-state index in [2.05, 4.69) is 10.3 Å². The van der Waals surface area contributed by atoms with Gasteiger partial charge in [-0.25, -0.2) is 0 Å². The number of hydrogen-bond donors (Lipinski definition) is 2. The predicted molar refractivity (Wildman–Crippen MR) is 82.5 cm³/mol. The molecular formula is C16H22N2O3. The normalized spacial score (nSPS) is 12.6. The van der Waals surface area contributed by atoms with Crippen LogP contribution in [0.5, 0.6) is 5.75 Å². The van der Waals surface area contributed by atoms with E-state index in [4.69, 9.17) is 9.47 Å². The Morgan fingerprint density at radius 1 is 1.33 bits per heavy atom. The van der Waals surface area contributed by atoms with Gasteiger partial charge in [-0.05, 0) is 18.2 Å². The average molecular weight is 290 g/mol. The first-order valence-electron chi connectivity index (χ1n) is 7.15. The maximum absolute atomic E-state index is 11.2. The Morgan fingerprint density at radius 2 is 2.14 bits per heavy atom. The van der Waals surface area contributed by atoms with Crippen molar-refractivity contribution in [3.8, 4) is 5.75 Å². The fraction of sp³-hybridized carbons (Fsp3) is 0.438. The monoisotopic (exact) mass is 290 g/mol. The van der Waals surface area contributed by atoms with Gasteiger partial charge in [-0.3, -0.25) is 4.79 Å². The second-order valence-corrected chi connectivity index (χ2v) is 5.30. The molecule has 1 atom stereocenters. The van der Waals surface area contributed by atoms with Crippen molar-refractivity contribution in [2.24, 2.45) is 0 Å². The standard InChI is InChI=1S/C16H22N2O3/c1-11(2)18-9-13(21-12(3)19)10-20-16-6-4-5-15-14(16)7-8-17-15/h4-8,11,13,17-18H,9-10H2,1-3H3. The molecule has 1 heterocycles. The Labute approximate surface area is 124 Å². The van der Waals surface area contributed by atoms with Crippen molar-refractivity contribution in [1.82, 2.24) is 10.3 Å². The fourth-order valence-corrected chi connectivity index (χ4v) is 2.10. The van der Waals surface area contributed by atoms with Crippen molar-refractivity contribution in [1.29, 1.82) is 0 Å². The van der Waals surface area contributed by atoms with Crippen LogP contribution in [0.3, 0.4) is 0 Å². The average Bonchev–Trinajstić information content (AvgIpc) is 2.90. The number of nitrogens with one attached hydrogen (secondary N) is 2. The van der Waals surface area contributed by atoms with Gasteiger partial charge in [-0.15, -0.1) is 0 Å². The molecular weight excluding hydrogens is 268 g/mol. The van der Waals surface area contributed by atoms with Crippen molar-refractivity contribution in [2.45, 2.75) is 32.9 Å². The highest BCUT2D eigenvalue weighted by Gasteiger charge is 2.14. The fourth-order valence-electron chi connectivity index (χ4n) is 2.10. The Hall–Kier alpha value is -2.01. The zero-order valence-electron chi connectivity index (χ0n) is 12.7. The molecule has 114 valence electrons. The number of rotatable bonds is 7. The highest BCUT2D eigenvalue weighted by atomic mass is 16.6. The summed E-state index contributed by atoms with van der Waals surface area (Å²) in [5.74, 6) is 0.490. The van der Waals surface area contributed by atoms with Gasteiger partial charge in [0.1, 0.15) is 18.5 Å². The lowest BCUT2D eigenvalue weighted by Crippen LogP contribution is -2.38. The van der Waals surface area contributed by atoms with Crippen LogP contribution in [0.25, 0.3) is 10.9 Å². The van der Waals surface area contributed by atoms with Gasteiger partial charge in [0.15, 0.2) is 0 Å². The quantitative estimate of drug-likeness (QED) is 0.769. The van der Waals surface area contributed by atoms with Crippen molar-refractivity contribution < 1.29 is 14.3 Å². The molecule has 0 saturated heterocycles. The summed E-state index contributed by atoms with van der Waals surface area (Å²) in [6, 6.07) is 8.14. The minimum Gasteiger partial charge on any atom is -0.489 e. The number of esters is 1. The van der Waals surface area contributed by atoms with Gasteiger partial charge >= 0.3 is 5.97 Å². The molecule has 0 fully saturated rings. The lowest BCUT2D eigenvalue weighted by molar-refractivity contribution is -0.147. The topological polar surface area (TPSA) is 63.4 Å². The maximum atomic E-state index is 11.2. The van der Waals surface area contributed by atoms with Crippen LogP contribution in [0.1, 0.15) is 20.8 Å². The molecule has 2 rings (SSSR count). The lowest BCUT2D eigenvalue weighted by atomic mass is 10.2. The number of aromatic amines is 1. The molecule has 21 heavy (non-hydrogen) atoms.